The number of para-hydroxylation sites is 1. The fourth-order valence-electron chi connectivity index (χ4n) is 0.833. The third-order valence-corrected chi connectivity index (χ3v) is 1.88. The van der Waals surface area contributed by atoms with E-state index in [4.69, 9.17) is 30.3 Å². The average Bonchev–Trinajstić information content (AvgIpc) is 2.27. The van der Waals surface area contributed by atoms with E-state index < -0.39 is 0 Å². The minimum atomic E-state index is 0.257. The van der Waals surface area contributed by atoms with Crippen molar-refractivity contribution in [3.63, 3.8) is 0 Å². The SMILES string of the molecule is NNC(=S)NNC(=S)Nc1ccccc1. The van der Waals surface area contributed by atoms with Crippen molar-refractivity contribution < 1.29 is 0 Å². The van der Waals surface area contributed by atoms with E-state index in [0.717, 1.165) is 5.69 Å². The summed E-state index contributed by atoms with van der Waals surface area (Å²) in [5.41, 5.74) is 8.41. The molecule has 1 rings (SSSR count). The molecule has 0 radical (unpaired) electrons. The molecule has 15 heavy (non-hydrogen) atoms. The maximum atomic E-state index is 5.05. The van der Waals surface area contributed by atoms with Gasteiger partial charge in [-0.25, -0.2) is 5.84 Å². The molecular weight excluding hydrogens is 230 g/mol. The van der Waals surface area contributed by atoms with E-state index in [1.807, 2.05) is 30.3 Å². The topological polar surface area (TPSA) is 74.1 Å². The standard InChI is InChI=1S/C8H11N5S2/c9-11-8(15)13-12-7(14)10-6-4-2-1-3-5-6/h1-5H,9H2,(H2,10,12,14)(H2,11,13,15). The molecule has 1 aromatic carbocycles. The van der Waals surface area contributed by atoms with Crippen LogP contribution >= 0.6 is 24.4 Å². The van der Waals surface area contributed by atoms with Crippen LogP contribution in [0.5, 0.6) is 0 Å². The number of rotatable bonds is 1. The van der Waals surface area contributed by atoms with Crippen LogP contribution in [0.1, 0.15) is 0 Å². The first-order valence-electron chi connectivity index (χ1n) is 4.11. The highest BCUT2D eigenvalue weighted by atomic mass is 32.1. The molecule has 0 saturated heterocycles. The number of anilines is 1. The van der Waals surface area contributed by atoms with Crippen LogP contribution in [0.25, 0.3) is 0 Å². The average molecular weight is 241 g/mol. The summed E-state index contributed by atoms with van der Waals surface area (Å²) in [5.74, 6) is 5.05. The highest BCUT2D eigenvalue weighted by molar-refractivity contribution is 7.80. The Labute approximate surface area is 98.4 Å². The second kappa shape index (κ2) is 6.12. The summed E-state index contributed by atoms with van der Waals surface area (Å²) in [5, 5.41) is 3.61. The molecule has 0 saturated carbocycles. The number of thiocarbonyl (C=S) groups is 2. The smallest absolute Gasteiger partial charge is 0.199 e. The lowest BCUT2D eigenvalue weighted by atomic mass is 10.3. The minimum Gasteiger partial charge on any atom is -0.331 e. The third kappa shape index (κ3) is 4.54. The van der Waals surface area contributed by atoms with E-state index in [2.05, 4.69) is 21.6 Å². The number of hydrazine groups is 2. The van der Waals surface area contributed by atoms with E-state index >= 15 is 0 Å². The first kappa shape index (κ1) is 11.6. The molecule has 0 fully saturated rings. The van der Waals surface area contributed by atoms with E-state index in [0.29, 0.717) is 5.11 Å². The van der Waals surface area contributed by atoms with Crippen LogP contribution in [-0.4, -0.2) is 10.2 Å². The van der Waals surface area contributed by atoms with Gasteiger partial charge in [0.1, 0.15) is 0 Å². The Morgan fingerprint density at radius 3 is 2.20 bits per heavy atom. The maximum Gasteiger partial charge on any atom is 0.199 e. The molecule has 0 spiro atoms. The molecule has 0 heterocycles. The van der Waals surface area contributed by atoms with Crippen LogP contribution in [0.2, 0.25) is 0 Å². The molecule has 5 nitrogen and oxygen atoms in total. The van der Waals surface area contributed by atoms with Gasteiger partial charge in [0.25, 0.3) is 0 Å². The summed E-state index contributed by atoms with van der Waals surface area (Å²) < 4.78 is 0. The van der Waals surface area contributed by atoms with E-state index in [1.54, 1.807) is 0 Å². The highest BCUT2D eigenvalue weighted by Crippen LogP contribution is 2.03. The lowest BCUT2D eigenvalue weighted by Gasteiger charge is -2.12. The lowest BCUT2D eigenvalue weighted by Crippen LogP contribution is -2.50. The predicted molar refractivity (Wildman–Crippen MR) is 68.9 cm³/mol. The molecule has 7 heteroatoms. The zero-order valence-electron chi connectivity index (χ0n) is 7.78. The van der Waals surface area contributed by atoms with Gasteiger partial charge in [-0.1, -0.05) is 18.2 Å². The number of hydrogen-bond donors (Lipinski definition) is 5. The quantitative estimate of drug-likeness (QED) is 0.274. The van der Waals surface area contributed by atoms with Gasteiger partial charge in [0.05, 0.1) is 0 Å². The zero-order chi connectivity index (χ0) is 11.1. The fraction of sp³-hybridized carbons (Fsp3) is 0. The van der Waals surface area contributed by atoms with Gasteiger partial charge in [0.2, 0.25) is 0 Å². The Bertz CT molecular complexity index is 340. The molecular formula is C8H11N5S2. The monoisotopic (exact) mass is 241 g/mol. The Morgan fingerprint density at radius 1 is 1.00 bits per heavy atom. The van der Waals surface area contributed by atoms with Gasteiger partial charge in [-0.3, -0.25) is 16.3 Å². The van der Waals surface area contributed by atoms with Crippen LogP contribution in [0.15, 0.2) is 30.3 Å². The second-order valence-corrected chi connectivity index (χ2v) is 3.36. The largest absolute Gasteiger partial charge is 0.331 e. The van der Waals surface area contributed by atoms with Crippen molar-refractivity contribution in [2.24, 2.45) is 5.84 Å². The van der Waals surface area contributed by atoms with Crippen molar-refractivity contribution in [1.82, 2.24) is 16.3 Å². The maximum absolute atomic E-state index is 5.05. The number of benzene rings is 1. The van der Waals surface area contributed by atoms with Gasteiger partial charge >= 0.3 is 0 Å². The molecule has 6 N–H and O–H groups in total. The number of nitrogens with two attached hydrogens (primary N) is 1. The summed E-state index contributed by atoms with van der Waals surface area (Å²) >= 11 is 9.73. The molecule has 80 valence electrons. The summed E-state index contributed by atoms with van der Waals surface area (Å²) in [6, 6.07) is 9.53. The number of nitrogens with one attached hydrogen (secondary N) is 4. The molecule has 0 aliphatic heterocycles. The number of hydrogen-bond acceptors (Lipinski definition) is 3. The Morgan fingerprint density at radius 2 is 1.60 bits per heavy atom. The minimum absolute atomic E-state index is 0.257. The first-order chi connectivity index (χ1) is 7.22. The normalized spacial score (nSPS) is 8.87. The van der Waals surface area contributed by atoms with Gasteiger partial charge in [-0.2, -0.15) is 0 Å². The third-order valence-electron chi connectivity index (χ3n) is 1.45. The molecule has 0 bridgehead atoms. The Balaban J connectivity index is 2.34. The van der Waals surface area contributed by atoms with Crippen LogP contribution in [0.3, 0.4) is 0 Å². The molecule has 0 atom stereocenters. The summed E-state index contributed by atoms with van der Waals surface area (Å²) in [7, 11) is 0. The molecule has 0 unspecified atom stereocenters. The Kier molecular flexibility index (Phi) is 4.75. The van der Waals surface area contributed by atoms with Crippen molar-refractivity contribution in [3.05, 3.63) is 30.3 Å². The second-order valence-electron chi connectivity index (χ2n) is 2.54. The van der Waals surface area contributed by atoms with Crippen LogP contribution < -0.4 is 27.4 Å². The summed E-state index contributed by atoms with van der Waals surface area (Å²) in [6.07, 6.45) is 0. The van der Waals surface area contributed by atoms with Crippen LogP contribution in [0, 0.1) is 0 Å². The van der Waals surface area contributed by atoms with Gasteiger partial charge in [0, 0.05) is 5.69 Å². The molecule has 1 aromatic rings. The van der Waals surface area contributed by atoms with Gasteiger partial charge in [-0.05, 0) is 36.6 Å². The van der Waals surface area contributed by atoms with Gasteiger partial charge < -0.3 is 5.32 Å². The van der Waals surface area contributed by atoms with E-state index in [1.165, 1.54) is 0 Å². The van der Waals surface area contributed by atoms with Crippen molar-refractivity contribution in [1.29, 1.82) is 0 Å². The zero-order valence-corrected chi connectivity index (χ0v) is 9.41. The van der Waals surface area contributed by atoms with Crippen molar-refractivity contribution in [2.75, 3.05) is 5.32 Å². The highest BCUT2D eigenvalue weighted by Gasteiger charge is 1.96. The summed E-state index contributed by atoms with van der Waals surface area (Å²) in [6.45, 7) is 0. The fourth-order valence-corrected chi connectivity index (χ4v) is 1.05. The Hall–Kier alpha value is -1.44. The first-order valence-corrected chi connectivity index (χ1v) is 4.92. The van der Waals surface area contributed by atoms with Crippen molar-refractivity contribution >= 4 is 40.3 Å². The van der Waals surface area contributed by atoms with Crippen molar-refractivity contribution in [2.45, 2.75) is 0 Å². The molecule has 0 aliphatic carbocycles. The van der Waals surface area contributed by atoms with Crippen LogP contribution in [0.4, 0.5) is 5.69 Å². The molecule has 0 amide bonds. The van der Waals surface area contributed by atoms with Gasteiger partial charge in [-0.15, -0.1) is 0 Å². The molecule has 0 aromatic heterocycles. The van der Waals surface area contributed by atoms with E-state index in [9.17, 15) is 0 Å². The van der Waals surface area contributed by atoms with Crippen molar-refractivity contribution in [3.8, 4) is 0 Å². The van der Waals surface area contributed by atoms with Gasteiger partial charge in [0.15, 0.2) is 10.2 Å². The molecule has 0 aliphatic rings. The van der Waals surface area contributed by atoms with Crippen LogP contribution in [-0.2, 0) is 0 Å². The van der Waals surface area contributed by atoms with E-state index in [-0.39, 0.29) is 5.11 Å². The predicted octanol–water partition coefficient (Wildman–Crippen LogP) is 0.226. The summed E-state index contributed by atoms with van der Waals surface area (Å²) in [4.78, 5) is 0. The lowest BCUT2D eigenvalue weighted by molar-refractivity contribution is 0.834.